The van der Waals surface area contributed by atoms with E-state index in [4.69, 9.17) is 0 Å². The monoisotopic (exact) mass is 270 g/mol. The van der Waals surface area contributed by atoms with Gasteiger partial charge in [-0.2, -0.15) is 11.8 Å². The van der Waals surface area contributed by atoms with Gasteiger partial charge in [0.1, 0.15) is 0 Å². The lowest BCUT2D eigenvalue weighted by Crippen LogP contribution is -2.39. The van der Waals surface area contributed by atoms with Gasteiger partial charge in [-0.1, -0.05) is 6.92 Å². The second kappa shape index (κ2) is 6.58. The van der Waals surface area contributed by atoms with Gasteiger partial charge in [0.05, 0.1) is 5.56 Å². The number of carbonyl (C=O) groups excluding carboxylic acids is 1. The van der Waals surface area contributed by atoms with Crippen LogP contribution in [0.1, 0.15) is 43.6 Å². The molecular formula is C12H18N2O3S. The van der Waals surface area contributed by atoms with E-state index in [2.05, 4.69) is 11.9 Å². The number of aromatic nitrogens is 2. The SMILES string of the molecule is CCSCCC(C)n1c(=O)[nH]cc(C(C)=O)c1=O. The first-order chi connectivity index (χ1) is 8.49. The first-order valence-corrected chi connectivity index (χ1v) is 7.07. The molecule has 1 unspecified atom stereocenters. The van der Waals surface area contributed by atoms with Crippen molar-refractivity contribution in [3.05, 3.63) is 32.6 Å². The maximum atomic E-state index is 12.0. The number of Topliss-reactive ketones (excluding diaryl/α,β-unsaturated/α-hetero) is 1. The molecule has 1 aromatic heterocycles. The molecule has 0 bridgehead atoms. The topological polar surface area (TPSA) is 71.9 Å². The molecule has 0 radical (unpaired) electrons. The van der Waals surface area contributed by atoms with Crippen LogP contribution in [0.3, 0.4) is 0 Å². The summed E-state index contributed by atoms with van der Waals surface area (Å²) in [7, 11) is 0. The summed E-state index contributed by atoms with van der Waals surface area (Å²) in [5.41, 5.74) is -0.927. The third-order valence-electron chi connectivity index (χ3n) is 2.71. The van der Waals surface area contributed by atoms with E-state index in [1.54, 1.807) is 11.8 Å². The van der Waals surface area contributed by atoms with Crippen molar-refractivity contribution in [2.24, 2.45) is 0 Å². The first-order valence-electron chi connectivity index (χ1n) is 5.92. The molecule has 0 saturated carbocycles. The van der Waals surface area contributed by atoms with Gasteiger partial charge in [-0.05, 0) is 31.8 Å². The molecule has 0 aliphatic heterocycles. The van der Waals surface area contributed by atoms with Crippen molar-refractivity contribution in [1.29, 1.82) is 0 Å². The van der Waals surface area contributed by atoms with E-state index in [9.17, 15) is 14.4 Å². The molecule has 0 aromatic carbocycles. The minimum Gasteiger partial charge on any atom is -0.313 e. The van der Waals surface area contributed by atoms with Crippen molar-refractivity contribution >= 4 is 17.5 Å². The maximum absolute atomic E-state index is 12.0. The maximum Gasteiger partial charge on any atom is 0.328 e. The summed E-state index contributed by atoms with van der Waals surface area (Å²) in [6.45, 7) is 5.19. The molecule has 100 valence electrons. The van der Waals surface area contributed by atoms with E-state index < -0.39 is 11.2 Å². The number of nitrogens with one attached hydrogen (secondary N) is 1. The van der Waals surface area contributed by atoms with Crippen LogP contribution in [0.4, 0.5) is 0 Å². The first kappa shape index (κ1) is 14.8. The minimum absolute atomic E-state index is 0.0320. The molecule has 1 heterocycles. The number of hydrogen-bond acceptors (Lipinski definition) is 4. The molecule has 1 N–H and O–H groups in total. The smallest absolute Gasteiger partial charge is 0.313 e. The highest BCUT2D eigenvalue weighted by Gasteiger charge is 2.15. The van der Waals surface area contributed by atoms with Gasteiger partial charge in [0.15, 0.2) is 5.78 Å². The highest BCUT2D eigenvalue weighted by Crippen LogP contribution is 2.11. The molecular weight excluding hydrogens is 252 g/mol. The van der Waals surface area contributed by atoms with Crippen molar-refractivity contribution in [2.75, 3.05) is 11.5 Å². The van der Waals surface area contributed by atoms with E-state index in [1.165, 1.54) is 13.1 Å². The molecule has 0 aliphatic rings. The zero-order valence-corrected chi connectivity index (χ0v) is 11.7. The molecule has 1 atom stereocenters. The van der Waals surface area contributed by atoms with Crippen molar-refractivity contribution in [3.63, 3.8) is 0 Å². The molecule has 0 fully saturated rings. The summed E-state index contributed by atoms with van der Waals surface area (Å²) in [4.78, 5) is 37.4. The van der Waals surface area contributed by atoms with Crippen molar-refractivity contribution in [3.8, 4) is 0 Å². The average molecular weight is 270 g/mol. The summed E-state index contributed by atoms with van der Waals surface area (Å²) >= 11 is 1.76. The van der Waals surface area contributed by atoms with Crippen LogP contribution >= 0.6 is 11.8 Å². The largest absolute Gasteiger partial charge is 0.328 e. The summed E-state index contributed by atoms with van der Waals surface area (Å²) in [6, 6.07) is -0.209. The van der Waals surface area contributed by atoms with E-state index >= 15 is 0 Å². The van der Waals surface area contributed by atoms with E-state index in [-0.39, 0.29) is 17.4 Å². The number of aromatic amines is 1. The van der Waals surface area contributed by atoms with Gasteiger partial charge < -0.3 is 4.98 Å². The Balaban J connectivity index is 3.08. The van der Waals surface area contributed by atoms with Crippen molar-refractivity contribution in [2.45, 2.75) is 33.2 Å². The predicted octanol–water partition coefficient (Wildman–Crippen LogP) is 1.44. The van der Waals surface area contributed by atoms with Gasteiger partial charge >= 0.3 is 5.69 Å². The van der Waals surface area contributed by atoms with Crippen molar-refractivity contribution < 1.29 is 4.79 Å². The molecule has 0 amide bonds. The number of hydrogen-bond donors (Lipinski definition) is 1. The Labute approximate surface area is 110 Å². The van der Waals surface area contributed by atoms with Crippen LogP contribution < -0.4 is 11.2 Å². The standard InChI is InChI=1S/C12H18N2O3S/c1-4-18-6-5-8(2)14-11(16)10(9(3)15)7-13-12(14)17/h7-8H,4-6H2,1-3H3,(H,13,17). The number of rotatable bonds is 6. The highest BCUT2D eigenvalue weighted by atomic mass is 32.2. The summed E-state index contributed by atoms with van der Waals surface area (Å²) in [5.74, 6) is 1.55. The van der Waals surface area contributed by atoms with Crippen LogP contribution in [0.15, 0.2) is 15.8 Å². The van der Waals surface area contributed by atoms with Gasteiger partial charge in [-0.25, -0.2) is 4.79 Å². The van der Waals surface area contributed by atoms with E-state index in [0.717, 1.165) is 22.5 Å². The zero-order valence-electron chi connectivity index (χ0n) is 10.9. The van der Waals surface area contributed by atoms with Gasteiger partial charge in [0.25, 0.3) is 5.56 Å². The number of carbonyl (C=O) groups is 1. The van der Waals surface area contributed by atoms with Crippen LogP contribution in [0, 0.1) is 0 Å². The molecule has 1 aromatic rings. The Morgan fingerprint density at radius 2 is 2.17 bits per heavy atom. The second-order valence-corrected chi connectivity index (χ2v) is 5.47. The Hall–Kier alpha value is -1.30. The zero-order chi connectivity index (χ0) is 13.7. The van der Waals surface area contributed by atoms with Gasteiger partial charge in [0.2, 0.25) is 0 Å². The quantitative estimate of drug-likeness (QED) is 0.627. The molecule has 18 heavy (non-hydrogen) atoms. The lowest BCUT2D eigenvalue weighted by atomic mass is 10.2. The summed E-state index contributed by atoms with van der Waals surface area (Å²) in [5, 5.41) is 0. The van der Waals surface area contributed by atoms with E-state index in [0.29, 0.717) is 0 Å². The molecule has 0 aliphatic carbocycles. The lowest BCUT2D eigenvalue weighted by Gasteiger charge is -2.13. The summed E-state index contributed by atoms with van der Waals surface area (Å²) in [6.07, 6.45) is 1.92. The average Bonchev–Trinajstić information content (AvgIpc) is 2.28. The third kappa shape index (κ3) is 3.35. The fourth-order valence-corrected chi connectivity index (χ4v) is 2.46. The Morgan fingerprint density at radius 1 is 1.50 bits per heavy atom. The number of H-pyrrole nitrogens is 1. The lowest BCUT2D eigenvalue weighted by molar-refractivity contribution is 0.101. The van der Waals surface area contributed by atoms with Crippen LogP contribution in [0.5, 0.6) is 0 Å². The van der Waals surface area contributed by atoms with Crippen LogP contribution in [0.25, 0.3) is 0 Å². The highest BCUT2D eigenvalue weighted by molar-refractivity contribution is 7.99. The van der Waals surface area contributed by atoms with Crippen molar-refractivity contribution in [1.82, 2.24) is 9.55 Å². The molecule has 6 heteroatoms. The van der Waals surface area contributed by atoms with Crippen LogP contribution in [-0.4, -0.2) is 26.8 Å². The third-order valence-corrected chi connectivity index (χ3v) is 3.64. The second-order valence-electron chi connectivity index (χ2n) is 4.07. The molecule has 1 rings (SSSR count). The fourth-order valence-electron chi connectivity index (χ4n) is 1.67. The Bertz CT molecular complexity index is 533. The Kier molecular flexibility index (Phi) is 5.40. The molecule has 0 saturated heterocycles. The van der Waals surface area contributed by atoms with E-state index in [1.807, 2.05) is 6.92 Å². The predicted molar refractivity (Wildman–Crippen MR) is 73.7 cm³/mol. The van der Waals surface area contributed by atoms with Gasteiger partial charge in [0, 0.05) is 12.2 Å². The normalized spacial score (nSPS) is 12.4. The summed E-state index contributed by atoms with van der Waals surface area (Å²) < 4.78 is 1.13. The van der Waals surface area contributed by atoms with Crippen LogP contribution in [-0.2, 0) is 0 Å². The molecule has 0 spiro atoms. The molecule has 5 nitrogen and oxygen atoms in total. The fraction of sp³-hybridized carbons (Fsp3) is 0.583. The number of nitrogens with zero attached hydrogens (tertiary/aromatic N) is 1. The Morgan fingerprint density at radius 3 is 2.72 bits per heavy atom. The van der Waals surface area contributed by atoms with Gasteiger partial charge in [-0.3, -0.25) is 14.2 Å². The number of ketones is 1. The minimum atomic E-state index is -0.500. The van der Waals surface area contributed by atoms with Gasteiger partial charge in [-0.15, -0.1) is 0 Å². The number of thioether (sulfide) groups is 1. The van der Waals surface area contributed by atoms with Crippen LogP contribution in [0.2, 0.25) is 0 Å².